The fourth-order valence-electron chi connectivity index (χ4n) is 1.87. The molecule has 1 N–H and O–H groups in total. The molecule has 0 saturated heterocycles. The van der Waals surface area contributed by atoms with Gasteiger partial charge in [-0.25, -0.2) is 0 Å². The van der Waals surface area contributed by atoms with Crippen molar-refractivity contribution >= 4 is 23.3 Å². The molecular weight excluding hydrogens is 248 g/mol. The molecule has 0 fully saturated rings. The molecule has 0 radical (unpaired) electrons. The molecule has 0 aliphatic heterocycles. The molecule has 18 heavy (non-hydrogen) atoms. The number of benzene rings is 1. The number of fused-ring (bicyclic) bond motifs is 1. The van der Waals surface area contributed by atoms with Gasteiger partial charge in [-0.2, -0.15) is 0 Å². The number of pyridine rings is 2. The Labute approximate surface area is 110 Å². The van der Waals surface area contributed by atoms with Gasteiger partial charge in [-0.1, -0.05) is 12.1 Å². The van der Waals surface area contributed by atoms with E-state index in [1.54, 1.807) is 6.20 Å². The predicted octanol–water partition coefficient (Wildman–Crippen LogP) is 3.01. The monoisotopic (exact) mass is 258 g/mol. The van der Waals surface area contributed by atoms with Crippen LogP contribution in [0.2, 0.25) is 0 Å². The molecule has 4 heteroatoms. The summed E-state index contributed by atoms with van der Waals surface area (Å²) < 4.78 is 0. The van der Waals surface area contributed by atoms with Crippen LogP contribution in [0.1, 0.15) is 0 Å². The van der Waals surface area contributed by atoms with Crippen LogP contribution >= 0.6 is 12.4 Å². The number of hydrogen-bond acceptors (Lipinski definition) is 2. The Morgan fingerprint density at radius 1 is 1.00 bits per heavy atom. The first-order chi connectivity index (χ1) is 8.33. The minimum Gasteiger partial charge on any atom is -0.322 e. The van der Waals surface area contributed by atoms with Crippen molar-refractivity contribution < 1.29 is 0 Å². The van der Waals surface area contributed by atoms with Gasteiger partial charge < -0.3 is 4.98 Å². The summed E-state index contributed by atoms with van der Waals surface area (Å²) in [6.45, 7) is 0. The van der Waals surface area contributed by atoms with E-state index in [9.17, 15) is 4.79 Å². The van der Waals surface area contributed by atoms with Gasteiger partial charge in [-0.05, 0) is 35.2 Å². The first kappa shape index (κ1) is 12.3. The lowest BCUT2D eigenvalue weighted by Gasteiger charge is -2.03. The van der Waals surface area contributed by atoms with Crippen LogP contribution in [-0.2, 0) is 0 Å². The van der Waals surface area contributed by atoms with Crippen molar-refractivity contribution in [2.24, 2.45) is 0 Å². The van der Waals surface area contributed by atoms with E-state index in [4.69, 9.17) is 0 Å². The average Bonchev–Trinajstić information content (AvgIpc) is 2.39. The third-order valence-electron chi connectivity index (χ3n) is 2.72. The lowest BCUT2D eigenvalue weighted by atomic mass is 10.1. The number of nitrogens with one attached hydrogen (secondary N) is 1. The number of aromatic amines is 1. The normalized spacial score (nSPS) is 10.0. The maximum Gasteiger partial charge on any atom is 0.248 e. The Bertz CT molecular complexity index is 722. The minimum absolute atomic E-state index is 0. The molecule has 0 amide bonds. The molecule has 0 atom stereocenters. The first-order valence-corrected chi connectivity index (χ1v) is 5.36. The molecule has 0 spiro atoms. The van der Waals surface area contributed by atoms with Crippen LogP contribution in [0.5, 0.6) is 0 Å². The second-order valence-corrected chi connectivity index (χ2v) is 3.87. The van der Waals surface area contributed by atoms with Gasteiger partial charge in [0.25, 0.3) is 0 Å². The van der Waals surface area contributed by atoms with Crippen LogP contribution in [-0.4, -0.2) is 9.97 Å². The number of rotatable bonds is 1. The van der Waals surface area contributed by atoms with E-state index in [0.717, 1.165) is 22.0 Å². The zero-order valence-corrected chi connectivity index (χ0v) is 10.3. The first-order valence-electron chi connectivity index (χ1n) is 5.36. The van der Waals surface area contributed by atoms with E-state index in [2.05, 4.69) is 9.97 Å². The van der Waals surface area contributed by atoms with Gasteiger partial charge in [0, 0.05) is 29.5 Å². The molecule has 0 unspecified atom stereocenters. The van der Waals surface area contributed by atoms with Crippen molar-refractivity contribution in [1.29, 1.82) is 0 Å². The highest BCUT2D eigenvalue weighted by Crippen LogP contribution is 2.21. The summed E-state index contributed by atoms with van der Waals surface area (Å²) in [4.78, 5) is 18.1. The minimum atomic E-state index is -0.0772. The van der Waals surface area contributed by atoms with E-state index in [1.165, 1.54) is 6.07 Å². The summed E-state index contributed by atoms with van der Waals surface area (Å²) in [5, 5.41) is 1.02. The van der Waals surface area contributed by atoms with E-state index < -0.39 is 0 Å². The number of aromatic nitrogens is 2. The molecule has 3 aromatic rings. The predicted molar refractivity (Wildman–Crippen MR) is 75.0 cm³/mol. The third-order valence-corrected chi connectivity index (χ3v) is 2.72. The third kappa shape index (κ3) is 2.26. The molecule has 2 heterocycles. The van der Waals surface area contributed by atoms with Crippen LogP contribution in [0.15, 0.2) is 59.7 Å². The largest absolute Gasteiger partial charge is 0.322 e. The Morgan fingerprint density at radius 3 is 2.67 bits per heavy atom. The standard InChI is InChI=1S/C14H10N2O.ClH/c17-14-6-4-11-8-10(3-5-13(11)16-14)12-2-1-7-15-9-12;/h1-9H,(H,16,17);1H. The Hall–Kier alpha value is -2.13. The molecule has 90 valence electrons. The van der Waals surface area contributed by atoms with E-state index >= 15 is 0 Å². The van der Waals surface area contributed by atoms with Gasteiger partial charge in [0.05, 0.1) is 0 Å². The fourth-order valence-corrected chi connectivity index (χ4v) is 1.87. The van der Waals surface area contributed by atoms with Crippen LogP contribution in [0.4, 0.5) is 0 Å². The smallest absolute Gasteiger partial charge is 0.248 e. The number of nitrogens with zero attached hydrogens (tertiary/aromatic N) is 1. The van der Waals surface area contributed by atoms with E-state index in [-0.39, 0.29) is 18.0 Å². The SMILES string of the molecule is Cl.O=c1ccc2cc(-c3cccnc3)ccc2[nH]1. The maximum atomic E-state index is 11.2. The summed E-state index contributed by atoms with van der Waals surface area (Å²) >= 11 is 0. The molecule has 3 nitrogen and oxygen atoms in total. The molecule has 0 saturated carbocycles. The number of hydrogen-bond donors (Lipinski definition) is 1. The molecule has 2 aromatic heterocycles. The lowest BCUT2D eigenvalue weighted by molar-refractivity contribution is 1.30. The summed E-state index contributed by atoms with van der Waals surface area (Å²) in [5.74, 6) is 0. The summed E-state index contributed by atoms with van der Waals surface area (Å²) in [6.07, 6.45) is 3.58. The molecule has 0 aliphatic carbocycles. The highest BCUT2D eigenvalue weighted by Gasteiger charge is 1.99. The van der Waals surface area contributed by atoms with Crippen molar-refractivity contribution in [3.8, 4) is 11.1 Å². The van der Waals surface area contributed by atoms with Gasteiger partial charge in [-0.3, -0.25) is 9.78 Å². The highest BCUT2D eigenvalue weighted by molar-refractivity contribution is 5.85. The molecule has 0 aliphatic rings. The van der Waals surface area contributed by atoms with Crippen LogP contribution in [0.3, 0.4) is 0 Å². The van der Waals surface area contributed by atoms with Crippen LogP contribution in [0.25, 0.3) is 22.0 Å². The van der Waals surface area contributed by atoms with Crippen molar-refractivity contribution in [1.82, 2.24) is 9.97 Å². The molecule has 3 rings (SSSR count). The van der Waals surface area contributed by atoms with Gasteiger partial charge in [0.2, 0.25) is 5.56 Å². The summed E-state index contributed by atoms with van der Waals surface area (Å²) in [5.41, 5.74) is 2.94. The molecule has 1 aromatic carbocycles. The molecule has 0 bridgehead atoms. The van der Waals surface area contributed by atoms with Crippen molar-refractivity contribution in [3.05, 3.63) is 65.2 Å². The Morgan fingerprint density at radius 2 is 1.89 bits per heavy atom. The number of halogens is 1. The van der Waals surface area contributed by atoms with Gasteiger partial charge in [0.1, 0.15) is 0 Å². The summed E-state index contributed by atoms with van der Waals surface area (Å²) in [7, 11) is 0. The van der Waals surface area contributed by atoms with Crippen LogP contribution in [0, 0.1) is 0 Å². The van der Waals surface area contributed by atoms with Gasteiger partial charge in [-0.15, -0.1) is 12.4 Å². The zero-order valence-electron chi connectivity index (χ0n) is 9.46. The van der Waals surface area contributed by atoms with Gasteiger partial charge >= 0.3 is 0 Å². The van der Waals surface area contributed by atoms with Gasteiger partial charge in [0.15, 0.2) is 0 Å². The Kier molecular flexibility index (Phi) is 3.44. The number of H-pyrrole nitrogens is 1. The Balaban J connectivity index is 0.00000120. The van der Waals surface area contributed by atoms with Crippen LogP contribution < -0.4 is 5.56 Å². The van der Waals surface area contributed by atoms with Crippen molar-refractivity contribution in [2.75, 3.05) is 0 Å². The quantitative estimate of drug-likeness (QED) is 0.729. The lowest BCUT2D eigenvalue weighted by Crippen LogP contribution is -2.01. The summed E-state index contributed by atoms with van der Waals surface area (Å²) in [6, 6.07) is 13.2. The second-order valence-electron chi connectivity index (χ2n) is 3.87. The topological polar surface area (TPSA) is 45.8 Å². The average molecular weight is 259 g/mol. The zero-order chi connectivity index (χ0) is 11.7. The van der Waals surface area contributed by atoms with E-state index in [0.29, 0.717) is 0 Å². The second kappa shape index (κ2) is 5.02. The van der Waals surface area contributed by atoms with Crippen molar-refractivity contribution in [3.63, 3.8) is 0 Å². The highest BCUT2D eigenvalue weighted by atomic mass is 35.5. The van der Waals surface area contributed by atoms with E-state index in [1.807, 2.05) is 42.6 Å². The maximum absolute atomic E-state index is 11.2. The fraction of sp³-hybridized carbons (Fsp3) is 0. The molecular formula is C14H11ClN2O. The van der Waals surface area contributed by atoms with Crippen molar-refractivity contribution in [2.45, 2.75) is 0 Å².